The second-order valence-electron chi connectivity index (χ2n) is 8.08. The molecule has 3 amide bonds. The summed E-state index contributed by atoms with van der Waals surface area (Å²) in [4.78, 5) is 43.1. The Labute approximate surface area is 177 Å². The fourth-order valence-electron chi connectivity index (χ4n) is 4.22. The van der Waals surface area contributed by atoms with Crippen molar-refractivity contribution in [1.82, 2.24) is 14.7 Å². The van der Waals surface area contributed by atoms with Gasteiger partial charge in [0.1, 0.15) is 0 Å². The average Bonchev–Trinajstić information content (AvgIpc) is 2.74. The van der Waals surface area contributed by atoms with Crippen molar-refractivity contribution in [2.24, 2.45) is 0 Å². The van der Waals surface area contributed by atoms with Crippen LogP contribution in [0.5, 0.6) is 0 Å². The Bertz CT molecular complexity index is 964. The van der Waals surface area contributed by atoms with Gasteiger partial charge in [0.2, 0.25) is 11.8 Å². The molecule has 0 atom stereocenters. The van der Waals surface area contributed by atoms with Crippen molar-refractivity contribution in [1.29, 1.82) is 0 Å². The van der Waals surface area contributed by atoms with Crippen molar-refractivity contribution in [3.8, 4) is 0 Å². The standard InChI is InChI=1S/C24H27N3O3/c1-18-5-4-6-19(15-18)17-25-11-13-26(14-12-25)22(28)9-10-27-23(29)16-20-7-2-3-8-21(20)24(27)30/h2-8,15H,9-14,16-17H2,1H3. The average molecular weight is 405 g/mol. The van der Waals surface area contributed by atoms with E-state index in [4.69, 9.17) is 0 Å². The summed E-state index contributed by atoms with van der Waals surface area (Å²) < 4.78 is 0. The van der Waals surface area contributed by atoms with E-state index in [2.05, 4.69) is 36.1 Å². The summed E-state index contributed by atoms with van der Waals surface area (Å²) in [5.41, 5.74) is 3.87. The van der Waals surface area contributed by atoms with E-state index in [-0.39, 0.29) is 37.1 Å². The van der Waals surface area contributed by atoms with Crippen LogP contribution in [0.3, 0.4) is 0 Å². The smallest absolute Gasteiger partial charge is 0.260 e. The van der Waals surface area contributed by atoms with Crippen LogP contribution in [-0.4, -0.2) is 65.1 Å². The van der Waals surface area contributed by atoms with Gasteiger partial charge in [-0.1, -0.05) is 48.0 Å². The van der Waals surface area contributed by atoms with E-state index < -0.39 is 0 Å². The lowest BCUT2D eigenvalue weighted by atomic mass is 9.98. The van der Waals surface area contributed by atoms with E-state index in [0.29, 0.717) is 18.7 Å². The Hall–Kier alpha value is -2.99. The third-order valence-electron chi connectivity index (χ3n) is 5.90. The van der Waals surface area contributed by atoms with Gasteiger partial charge in [0.25, 0.3) is 5.91 Å². The molecular formula is C24H27N3O3. The van der Waals surface area contributed by atoms with Gasteiger partial charge < -0.3 is 4.90 Å². The number of carbonyl (C=O) groups is 3. The summed E-state index contributed by atoms with van der Waals surface area (Å²) in [7, 11) is 0. The van der Waals surface area contributed by atoms with Crippen LogP contribution in [0.25, 0.3) is 0 Å². The van der Waals surface area contributed by atoms with Crippen LogP contribution < -0.4 is 0 Å². The minimum absolute atomic E-state index is 0.00432. The van der Waals surface area contributed by atoms with Crippen LogP contribution in [0.15, 0.2) is 48.5 Å². The van der Waals surface area contributed by atoms with Crippen molar-refractivity contribution in [2.45, 2.75) is 26.3 Å². The summed E-state index contributed by atoms with van der Waals surface area (Å²) in [6, 6.07) is 15.7. The molecule has 2 aliphatic heterocycles. The normalized spacial score (nSPS) is 17.2. The molecule has 0 unspecified atom stereocenters. The molecule has 2 aromatic rings. The van der Waals surface area contributed by atoms with Crippen LogP contribution >= 0.6 is 0 Å². The molecule has 2 heterocycles. The number of hydrogen-bond donors (Lipinski definition) is 0. The molecule has 4 rings (SSSR count). The minimum Gasteiger partial charge on any atom is -0.340 e. The molecule has 0 N–H and O–H groups in total. The highest BCUT2D eigenvalue weighted by Crippen LogP contribution is 2.20. The maximum Gasteiger partial charge on any atom is 0.260 e. The molecule has 0 aliphatic carbocycles. The third kappa shape index (κ3) is 4.44. The highest BCUT2D eigenvalue weighted by Gasteiger charge is 2.31. The molecule has 2 aromatic carbocycles. The summed E-state index contributed by atoms with van der Waals surface area (Å²) in [6.45, 7) is 6.14. The lowest BCUT2D eigenvalue weighted by molar-refractivity contribution is -0.134. The van der Waals surface area contributed by atoms with E-state index in [0.717, 1.165) is 25.2 Å². The summed E-state index contributed by atoms with van der Waals surface area (Å²) in [5.74, 6) is -0.517. The Balaban J connectivity index is 1.27. The molecule has 1 fully saturated rings. The van der Waals surface area contributed by atoms with Crippen LogP contribution in [0, 0.1) is 6.92 Å². The van der Waals surface area contributed by atoms with Gasteiger partial charge in [0.05, 0.1) is 6.42 Å². The molecule has 0 radical (unpaired) electrons. The van der Waals surface area contributed by atoms with Crippen LogP contribution in [0.1, 0.15) is 33.5 Å². The van der Waals surface area contributed by atoms with Crippen molar-refractivity contribution >= 4 is 17.7 Å². The van der Waals surface area contributed by atoms with E-state index in [1.165, 1.54) is 16.0 Å². The number of piperazine rings is 1. The molecule has 6 heteroatoms. The quantitative estimate of drug-likeness (QED) is 0.716. The number of amides is 3. The molecule has 6 nitrogen and oxygen atoms in total. The molecule has 1 saturated heterocycles. The van der Waals surface area contributed by atoms with E-state index in [1.807, 2.05) is 17.0 Å². The van der Waals surface area contributed by atoms with Crippen molar-refractivity contribution in [3.05, 3.63) is 70.8 Å². The number of fused-ring (bicyclic) bond motifs is 1. The number of carbonyl (C=O) groups excluding carboxylic acids is 3. The minimum atomic E-state index is -0.294. The first-order chi connectivity index (χ1) is 14.5. The molecule has 0 bridgehead atoms. The molecule has 0 aromatic heterocycles. The van der Waals surface area contributed by atoms with Gasteiger partial charge in [-0.15, -0.1) is 0 Å². The molecular weight excluding hydrogens is 378 g/mol. The number of aryl methyl sites for hydroxylation is 1. The first kappa shape index (κ1) is 20.3. The SMILES string of the molecule is Cc1cccc(CN2CCN(C(=O)CCN3C(=O)Cc4ccccc4C3=O)CC2)c1. The van der Waals surface area contributed by atoms with E-state index >= 15 is 0 Å². The Morgan fingerprint density at radius 3 is 2.50 bits per heavy atom. The summed E-state index contributed by atoms with van der Waals surface area (Å²) >= 11 is 0. The number of benzene rings is 2. The van der Waals surface area contributed by atoms with Crippen LogP contribution in [0.2, 0.25) is 0 Å². The zero-order valence-electron chi connectivity index (χ0n) is 17.3. The number of rotatable bonds is 5. The summed E-state index contributed by atoms with van der Waals surface area (Å²) in [5, 5.41) is 0. The zero-order chi connectivity index (χ0) is 21.1. The maximum absolute atomic E-state index is 12.7. The largest absolute Gasteiger partial charge is 0.340 e. The van der Waals surface area contributed by atoms with Gasteiger partial charge in [0, 0.05) is 51.3 Å². The molecule has 0 saturated carbocycles. The number of hydrogen-bond acceptors (Lipinski definition) is 4. The molecule has 2 aliphatic rings. The van der Waals surface area contributed by atoms with Gasteiger partial charge in [-0.2, -0.15) is 0 Å². The third-order valence-corrected chi connectivity index (χ3v) is 5.90. The van der Waals surface area contributed by atoms with Crippen LogP contribution in [0.4, 0.5) is 0 Å². The molecule has 156 valence electrons. The number of imide groups is 1. The predicted octanol–water partition coefficient (Wildman–Crippen LogP) is 2.25. The fourth-order valence-corrected chi connectivity index (χ4v) is 4.22. The van der Waals surface area contributed by atoms with Gasteiger partial charge in [0.15, 0.2) is 0 Å². The maximum atomic E-state index is 12.7. The van der Waals surface area contributed by atoms with Gasteiger partial charge >= 0.3 is 0 Å². The lowest BCUT2D eigenvalue weighted by Crippen LogP contribution is -2.49. The second kappa shape index (κ2) is 8.79. The highest BCUT2D eigenvalue weighted by molar-refractivity contribution is 6.09. The predicted molar refractivity (Wildman–Crippen MR) is 114 cm³/mol. The monoisotopic (exact) mass is 405 g/mol. The van der Waals surface area contributed by atoms with Crippen LogP contribution in [-0.2, 0) is 22.6 Å². The first-order valence-corrected chi connectivity index (χ1v) is 10.5. The van der Waals surface area contributed by atoms with Gasteiger partial charge in [-0.25, -0.2) is 0 Å². The number of nitrogens with zero attached hydrogens (tertiary/aromatic N) is 3. The Morgan fingerprint density at radius 1 is 0.967 bits per heavy atom. The topological polar surface area (TPSA) is 60.9 Å². The Kier molecular flexibility index (Phi) is 5.95. The van der Waals surface area contributed by atoms with Gasteiger partial charge in [-0.3, -0.25) is 24.2 Å². The van der Waals surface area contributed by atoms with E-state index in [9.17, 15) is 14.4 Å². The second-order valence-corrected chi connectivity index (χ2v) is 8.08. The van der Waals surface area contributed by atoms with Crippen molar-refractivity contribution in [2.75, 3.05) is 32.7 Å². The van der Waals surface area contributed by atoms with Crippen molar-refractivity contribution < 1.29 is 14.4 Å². The molecule has 30 heavy (non-hydrogen) atoms. The molecule has 0 spiro atoms. The fraction of sp³-hybridized carbons (Fsp3) is 0.375. The zero-order valence-corrected chi connectivity index (χ0v) is 17.3. The highest BCUT2D eigenvalue weighted by atomic mass is 16.2. The van der Waals surface area contributed by atoms with Gasteiger partial charge in [-0.05, 0) is 24.1 Å². The van der Waals surface area contributed by atoms with Crippen molar-refractivity contribution in [3.63, 3.8) is 0 Å². The summed E-state index contributed by atoms with van der Waals surface area (Å²) in [6.07, 6.45) is 0.394. The van der Waals surface area contributed by atoms with E-state index in [1.54, 1.807) is 12.1 Å². The first-order valence-electron chi connectivity index (χ1n) is 10.5. The lowest BCUT2D eigenvalue weighted by Gasteiger charge is -2.35. The Morgan fingerprint density at radius 2 is 1.73 bits per heavy atom.